The van der Waals surface area contributed by atoms with E-state index >= 15 is 0 Å². The van der Waals surface area contributed by atoms with E-state index in [-0.39, 0.29) is 17.4 Å². The zero-order valence-electron chi connectivity index (χ0n) is 14.8. The molecule has 0 bridgehead atoms. The Bertz CT molecular complexity index is 1000. The highest BCUT2D eigenvalue weighted by Gasteiger charge is 2.11. The highest BCUT2D eigenvalue weighted by molar-refractivity contribution is 6.31. The molecule has 7 heteroatoms. The molecule has 136 valence electrons. The molecule has 0 saturated carbocycles. The average molecular weight is 381 g/mol. The fourth-order valence-electron chi connectivity index (χ4n) is 2.40. The van der Waals surface area contributed by atoms with Gasteiger partial charge in [0, 0.05) is 22.0 Å². The van der Waals surface area contributed by atoms with Crippen molar-refractivity contribution in [3.63, 3.8) is 0 Å². The topological polar surface area (TPSA) is 84.0 Å². The number of aromatic nitrogens is 2. The van der Waals surface area contributed by atoms with Crippen LogP contribution in [0.3, 0.4) is 0 Å². The van der Waals surface area contributed by atoms with Crippen molar-refractivity contribution in [3.05, 3.63) is 76.7 Å². The first kappa shape index (κ1) is 18.5. The van der Waals surface area contributed by atoms with Gasteiger partial charge in [-0.15, -0.1) is 0 Å². The monoisotopic (exact) mass is 380 g/mol. The normalized spacial score (nSPS) is 10.3. The van der Waals surface area contributed by atoms with Crippen LogP contribution in [-0.4, -0.2) is 21.7 Å². The van der Waals surface area contributed by atoms with Gasteiger partial charge in [0.1, 0.15) is 11.5 Å². The van der Waals surface area contributed by atoms with Gasteiger partial charge in [-0.05, 0) is 43.7 Å². The number of ketones is 1. The SMILES string of the molecule is CC(=O)c1cccc(Nc2cnc(C(=O)Nc3cccc(Cl)c3C)cn2)c1. The quantitative estimate of drug-likeness (QED) is 0.630. The van der Waals surface area contributed by atoms with Crippen molar-refractivity contribution in [3.8, 4) is 0 Å². The Kier molecular flexibility index (Phi) is 5.47. The third kappa shape index (κ3) is 4.48. The van der Waals surface area contributed by atoms with Crippen LogP contribution in [0.2, 0.25) is 5.02 Å². The number of anilines is 3. The Balaban J connectivity index is 1.71. The highest BCUT2D eigenvalue weighted by Crippen LogP contribution is 2.23. The number of benzene rings is 2. The molecule has 2 N–H and O–H groups in total. The maximum Gasteiger partial charge on any atom is 0.275 e. The second-order valence-corrected chi connectivity index (χ2v) is 6.32. The lowest BCUT2D eigenvalue weighted by molar-refractivity contribution is 0.101. The average Bonchev–Trinajstić information content (AvgIpc) is 2.66. The van der Waals surface area contributed by atoms with Crippen molar-refractivity contribution in [2.75, 3.05) is 10.6 Å². The molecule has 1 amide bonds. The molecule has 0 aliphatic carbocycles. The maximum absolute atomic E-state index is 12.4. The van der Waals surface area contributed by atoms with E-state index in [1.165, 1.54) is 19.3 Å². The lowest BCUT2D eigenvalue weighted by Gasteiger charge is -2.10. The van der Waals surface area contributed by atoms with Crippen LogP contribution in [0.25, 0.3) is 0 Å². The summed E-state index contributed by atoms with van der Waals surface area (Å²) in [4.78, 5) is 32.2. The molecule has 27 heavy (non-hydrogen) atoms. The minimum Gasteiger partial charge on any atom is -0.339 e. The van der Waals surface area contributed by atoms with Crippen molar-refractivity contribution >= 4 is 40.5 Å². The first-order valence-corrected chi connectivity index (χ1v) is 8.58. The maximum atomic E-state index is 12.4. The Morgan fingerprint density at radius 1 is 1.04 bits per heavy atom. The summed E-state index contributed by atoms with van der Waals surface area (Å²) in [7, 11) is 0. The molecular formula is C20H17ClN4O2. The molecular weight excluding hydrogens is 364 g/mol. The van der Waals surface area contributed by atoms with Gasteiger partial charge < -0.3 is 10.6 Å². The smallest absolute Gasteiger partial charge is 0.275 e. The molecule has 6 nitrogen and oxygen atoms in total. The largest absolute Gasteiger partial charge is 0.339 e. The van der Waals surface area contributed by atoms with Gasteiger partial charge in [-0.25, -0.2) is 9.97 Å². The first-order chi connectivity index (χ1) is 12.9. The van der Waals surface area contributed by atoms with Crippen molar-refractivity contribution < 1.29 is 9.59 Å². The molecule has 0 saturated heterocycles. The van der Waals surface area contributed by atoms with Crippen LogP contribution < -0.4 is 10.6 Å². The number of carbonyl (C=O) groups excluding carboxylic acids is 2. The van der Waals surface area contributed by atoms with Crippen LogP contribution in [0.15, 0.2) is 54.9 Å². The summed E-state index contributed by atoms with van der Waals surface area (Å²) in [6, 6.07) is 12.4. The van der Waals surface area contributed by atoms with Crippen LogP contribution in [0.1, 0.15) is 33.3 Å². The van der Waals surface area contributed by atoms with Crippen LogP contribution in [0.4, 0.5) is 17.2 Å². The van der Waals surface area contributed by atoms with Gasteiger partial charge in [0.15, 0.2) is 5.78 Å². The van der Waals surface area contributed by atoms with Crippen LogP contribution >= 0.6 is 11.6 Å². The molecule has 1 heterocycles. The van der Waals surface area contributed by atoms with Crippen molar-refractivity contribution in [2.45, 2.75) is 13.8 Å². The van der Waals surface area contributed by atoms with Gasteiger partial charge in [0.2, 0.25) is 0 Å². The van der Waals surface area contributed by atoms with Gasteiger partial charge in [-0.2, -0.15) is 0 Å². The highest BCUT2D eigenvalue weighted by atomic mass is 35.5. The lowest BCUT2D eigenvalue weighted by atomic mass is 10.1. The molecule has 3 rings (SSSR count). The Morgan fingerprint density at radius 3 is 2.52 bits per heavy atom. The minimum atomic E-state index is -0.377. The molecule has 3 aromatic rings. The Hall–Kier alpha value is -3.25. The summed E-state index contributed by atoms with van der Waals surface area (Å²) in [5.74, 6) is 0.0669. The third-order valence-electron chi connectivity index (χ3n) is 3.94. The van der Waals surface area contributed by atoms with E-state index in [2.05, 4.69) is 20.6 Å². The lowest BCUT2D eigenvalue weighted by Crippen LogP contribution is -2.15. The van der Waals surface area contributed by atoms with Crippen LogP contribution in [0.5, 0.6) is 0 Å². The fourth-order valence-corrected chi connectivity index (χ4v) is 2.58. The number of hydrogen-bond acceptors (Lipinski definition) is 5. The number of hydrogen-bond donors (Lipinski definition) is 2. The summed E-state index contributed by atoms with van der Waals surface area (Å²) >= 11 is 6.06. The van der Waals surface area contributed by atoms with Crippen LogP contribution in [0, 0.1) is 6.92 Å². The molecule has 0 radical (unpaired) electrons. The summed E-state index contributed by atoms with van der Waals surface area (Å²) in [5.41, 5.74) is 2.89. The summed E-state index contributed by atoms with van der Waals surface area (Å²) in [6.07, 6.45) is 2.84. The first-order valence-electron chi connectivity index (χ1n) is 8.20. The minimum absolute atomic E-state index is 0.0203. The van der Waals surface area contributed by atoms with Crippen molar-refractivity contribution in [2.24, 2.45) is 0 Å². The van der Waals surface area contributed by atoms with Gasteiger partial charge in [0.25, 0.3) is 5.91 Å². The zero-order valence-corrected chi connectivity index (χ0v) is 15.5. The van der Waals surface area contributed by atoms with Crippen LogP contribution in [-0.2, 0) is 0 Å². The van der Waals surface area contributed by atoms with E-state index < -0.39 is 0 Å². The predicted molar refractivity (Wildman–Crippen MR) is 106 cm³/mol. The summed E-state index contributed by atoms with van der Waals surface area (Å²) in [6.45, 7) is 3.33. The number of carbonyl (C=O) groups is 2. The van der Waals surface area contributed by atoms with Gasteiger partial charge >= 0.3 is 0 Å². The summed E-state index contributed by atoms with van der Waals surface area (Å²) < 4.78 is 0. The molecule has 0 aliphatic rings. The second-order valence-electron chi connectivity index (χ2n) is 5.92. The summed E-state index contributed by atoms with van der Waals surface area (Å²) in [5, 5.41) is 6.40. The fraction of sp³-hybridized carbons (Fsp3) is 0.100. The molecule has 2 aromatic carbocycles. The molecule has 0 spiro atoms. The molecule has 0 atom stereocenters. The van der Waals surface area contributed by atoms with E-state index in [0.717, 1.165) is 5.56 Å². The number of amides is 1. The van der Waals surface area contributed by atoms with E-state index in [9.17, 15) is 9.59 Å². The van der Waals surface area contributed by atoms with E-state index in [1.54, 1.807) is 36.4 Å². The number of nitrogens with one attached hydrogen (secondary N) is 2. The van der Waals surface area contributed by atoms with Gasteiger partial charge in [-0.3, -0.25) is 9.59 Å². The van der Waals surface area contributed by atoms with Crippen molar-refractivity contribution in [1.29, 1.82) is 0 Å². The Morgan fingerprint density at radius 2 is 1.81 bits per heavy atom. The Labute approximate surface area is 161 Å². The van der Waals surface area contributed by atoms with Crippen molar-refractivity contribution in [1.82, 2.24) is 9.97 Å². The number of Topliss-reactive ketones (excluding diaryl/α,β-unsaturated/α-hetero) is 1. The predicted octanol–water partition coefficient (Wildman–Crippen LogP) is 4.64. The molecule has 0 aliphatic heterocycles. The number of halogens is 1. The molecule has 0 unspecified atom stereocenters. The number of nitrogens with zero attached hydrogens (tertiary/aromatic N) is 2. The third-order valence-corrected chi connectivity index (χ3v) is 4.35. The van der Waals surface area contributed by atoms with E-state index in [1.807, 2.05) is 13.0 Å². The number of rotatable bonds is 5. The zero-order chi connectivity index (χ0) is 19.4. The van der Waals surface area contributed by atoms with E-state index in [0.29, 0.717) is 27.8 Å². The standard InChI is InChI=1S/C20H17ClN4O2/c1-12-16(21)7-4-8-17(12)25-20(27)18-10-23-19(11-22-18)24-15-6-3-5-14(9-15)13(2)26/h3-11H,1-2H3,(H,23,24)(H,25,27). The van der Waals surface area contributed by atoms with Gasteiger partial charge in [-0.1, -0.05) is 29.8 Å². The van der Waals surface area contributed by atoms with Gasteiger partial charge in [0.05, 0.1) is 12.4 Å². The molecule has 0 fully saturated rings. The molecule has 1 aromatic heterocycles. The second kappa shape index (κ2) is 7.97. The van der Waals surface area contributed by atoms with E-state index in [4.69, 9.17) is 11.6 Å².